The highest BCUT2D eigenvalue weighted by Crippen LogP contribution is 2.16. The Balaban J connectivity index is 2.09. The van der Waals surface area contributed by atoms with Crippen molar-refractivity contribution in [2.24, 2.45) is 0 Å². The molecule has 0 saturated carbocycles. The summed E-state index contributed by atoms with van der Waals surface area (Å²) in [7, 11) is 0. The van der Waals surface area contributed by atoms with Gasteiger partial charge in [-0.05, 0) is 38.4 Å². The number of aromatic nitrogens is 2. The lowest BCUT2D eigenvalue weighted by atomic mass is 10.1. The van der Waals surface area contributed by atoms with Crippen molar-refractivity contribution in [3.8, 4) is 0 Å². The Kier molecular flexibility index (Phi) is 3.50. The number of hydrogen-bond acceptors (Lipinski definition) is 4. The molecular formula is C11H18N4. The molecule has 0 aliphatic carbocycles. The molecule has 4 heteroatoms. The summed E-state index contributed by atoms with van der Waals surface area (Å²) in [5.41, 5.74) is 0. The molecule has 2 heterocycles. The molecule has 4 nitrogen and oxygen atoms in total. The largest absolute Gasteiger partial charge is 0.351 e. The van der Waals surface area contributed by atoms with Crippen molar-refractivity contribution in [1.29, 1.82) is 0 Å². The average molecular weight is 206 g/mol. The number of nitrogens with zero attached hydrogens (tertiary/aromatic N) is 3. The Morgan fingerprint density at radius 2 is 2.53 bits per heavy atom. The van der Waals surface area contributed by atoms with Crippen molar-refractivity contribution >= 4 is 5.82 Å². The highest BCUT2D eigenvalue weighted by atomic mass is 15.3. The van der Waals surface area contributed by atoms with Crippen molar-refractivity contribution in [2.75, 3.05) is 24.5 Å². The summed E-state index contributed by atoms with van der Waals surface area (Å²) in [6.07, 6.45) is 4.22. The van der Waals surface area contributed by atoms with Gasteiger partial charge in [-0.25, -0.2) is 0 Å². The zero-order valence-electron chi connectivity index (χ0n) is 9.19. The molecular weight excluding hydrogens is 188 g/mol. The van der Waals surface area contributed by atoms with Gasteiger partial charge in [0.1, 0.15) is 0 Å². The molecule has 0 amide bonds. The third-order valence-corrected chi connectivity index (χ3v) is 2.90. The van der Waals surface area contributed by atoms with Gasteiger partial charge in [0.15, 0.2) is 5.82 Å². The predicted molar refractivity (Wildman–Crippen MR) is 60.9 cm³/mol. The molecule has 1 saturated heterocycles. The van der Waals surface area contributed by atoms with Gasteiger partial charge < -0.3 is 10.2 Å². The zero-order valence-corrected chi connectivity index (χ0v) is 9.19. The van der Waals surface area contributed by atoms with Gasteiger partial charge in [-0.1, -0.05) is 0 Å². The molecule has 0 bridgehead atoms. The molecule has 1 aliphatic rings. The van der Waals surface area contributed by atoms with Crippen molar-refractivity contribution in [3.63, 3.8) is 0 Å². The number of piperidine rings is 1. The second-order valence-corrected chi connectivity index (χ2v) is 3.87. The van der Waals surface area contributed by atoms with Gasteiger partial charge in [-0.15, -0.1) is 5.10 Å². The average Bonchev–Trinajstić information content (AvgIpc) is 2.33. The van der Waals surface area contributed by atoms with Gasteiger partial charge in [0, 0.05) is 25.3 Å². The summed E-state index contributed by atoms with van der Waals surface area (Å²) >= 11 is 0. The minimum absolute atomic E-state index is 0.570. The van der Waals surface area contributed by atoms with E-state index in [9.17, 15) is 0 Å². The predicted octanol–water partition coefficient (Wildman–Crippen LogP) is 1.05. The summed E-state index contributed by atoms with van der Waals surface area (Å²) in [6.45, 7) is 5.37. The standard InChI is InChI=1S/C11H18N4/c1-2-15(10-5-3-7-12-9-10)11-6-4-8-13-14-11/h4,6,8,10,12H,2-3,5,7,9H2,1H3. The van der Waals surface area contributed by atoms with E-state index in [1.165, 1.54) is 12.8 Å². The summed E-state index contributed by atoms with van der Waals surface area (Å²) < 4.78 is 0. The molecule has 1 N–H and O–H groups in total. The molecule has 0 radical (unpaired) electrons. The van der Waals surface area contributed by atoms with Crippen LogP contribution in [0, 0.1) is 0 Å². The number of hydrogen-bond donors (Lipinski definition) is 1. The lowest BCUT2D eigenvalue weighted by molar-refractivity contribution is 0.432. The van der Waals surface area contributed by atoms with Gasteiger partial charge in [0.25, 0.3) is 0 Å². The van der Waals surface area contributed by atoms with E-state index in [-0.39, 0.29) is 0 Å². The molecule has 1 fully saturated rings. The van der Waals surface area contributed by atoms with Crippen LogP contribution in [0.5, 0.6) is 0 Å². The van der Waals surface area contributed by atoms with E-state index >= 15 is 0 Å². The lowest BCUT2D eigenvalue weighted by Gasteiger charge is -2.34. The third-order valence-electron chi connectivity index (χ3n) is 2.90. The molecule has 15 heavy (non-hydrogen) atoms. The number of likely N-dealkylation sites (N-methyl/N-ethyl adjacent to an activating group) is 1. The van der Waals surface area contributed by atoms with E-state index in [1.807, 2.05) is 12.1 Å². The monoisotopic (exact) mass is 206 g/mol. The first-order valence-electron chi connectivity index (χ1n) is 5.67. The molecule has 0 spiro atoms. The summed E-state index contributed by atoms with van der Waals surface area (Å²) in [6, 6.07) is 4.55. The number of anilines is 1. The fraction of sp³-hybridized carbons (Fsp3) is 0.636. The van der Waals surface area contributed by atoms with Gasteiger partial charge in [-0.2, -0.15) is 5.10 Å². The smallest absolute Gasteiger partial charge is 0.151 e. The third kappa shape index (κ3) is 2.45. The second kappa shape index (κ2) is 5.07. The topological polar surface area (TPSA) is 41.1 Å². The van der Waals surface area contributed by atoms with Crippen LogP contribution in [0.4, 0.5) is 5.82 Å². The number of rotatable bonds is 3. The first-order valence-corrected chi connectivity index (χ1v) is 5.67. The van der Waals surface area contributed by atoms with Crippen molar-refractivity contribution < 1.29 is 0 Å². The second-order valence-electron chi connectivity index (χ2n) is 3.87. The highest BCUT2D eigenvalue weighted by Gasteiger charge is 2.20. The van der Waals surface area contributed by atoms with Crippen LogP contribution >= 0.6 is 0 Å². The lowest BCUT2D eigenvalue weighted by Crippen LogP contribution is -2.46. The molecule has 2 rings (SSSR count). The summed E-state index contributed by atoms with van der Waals surface area (Å²) in [5, 5.41) is 11.5. The van der Waals surface area contributed by atoms with Crippen LogP contribution in [0.3, 0.4) is 0 Å². The number of nitrogens with one attached hydrogen (secondary N) is 1. The summed E-state index contributed by atoms with van der Waals surface area (Å²) in [4.78, 5) is 2.33. The van der Waals surface area contributed by atoms with Crippen LogP contribution < -0.4 is 10.2 Å². The van der Waals surface area contributed by atoms with Gasteiger partial charge in [0.05, 0.1) is 0 Å². The Hall–Kier alpha value is -1.16. The Bertz CT molecular complexity index is 282. The maximum atomic E-state index is 4.17. The van der Waals surface area contributed by atoms with Crippen molar-refractivity contribution in [2.45, 2.75) is 25.8 Å². The minimum Gasteiger partial charge on any atom is -0.351 e. The van der Waals surface area contributed by atoms with Crippen LogP contribution in [0.15, 0.2) is 18.3 Å². The van der Waals surface area contributed by atoms with E-state index in [0.717, 1.165) is 25.5 Å². The Morgan fingerprint density at radius 3 is 3.13 bits per heavy atom. The van der Waals surface area contributed by atoms with Crippen LogP contribution in [0.25, 0.3) is 0 Å². The first kappa shape index (κ1) is 10.4. The van der Waals surface area contributed by atoms with Gasteiger partial charge in [-0.3, -0.25) is 0 Å². The molecule has 1 unspecified atom stereocenters. The maximum Gasteiger partial charge on any atom is 0.151 e. The SMILES string of the molecule is CCN(c1cccnn1)C1CCCNC1. The quantitative estimate of drug-likeness (QED) is 0.802. The maximum absolute atomic E-state index is 4.17. The van der Waals surface area contributed by atoms with Gasteiger partial charge in [0.2, 0.25) is 0 Å². The van der Waals surface area contributed by atoms with E-state index in [0.29, 0.717) is 6.04 Å². The van der Waals surface area contributed by atoms with E-state index in [4.69, 9.17) is 0 Å². The molecule has 82 valence electrons. The highest BCUT2D eigenvalue weighted by molar-refractivity contribution is 5.37. The fourth-order valence-corrected chi connectivity index (χ4v) is 2.15. The van der Waals surface area contributed by atoms with E-state index < -0.39 is 0 Å². The summed E-state index contributed by atoms with van der Waals surface area (Å²) in [5.74, 6) is 0.994. The Morgan fingerprint density at radius 1 is 1.60 bits per heavy atom. The normalized spacial score (nSPS) is 21.3. The van der Waals surface area contributed by atoms with Crippen LogP contribution in [-0.4, -0.2) is 35.9 Å². The van der Waals surface area contributed by atoms with E-state index in [1.54, 1.807) is 6.20 Å². The minimum atomic E-state index is 0.570. The van der Waals surface area contributed by atoms with Crippen molar-refractivity contribution in [1.82, 2.24) is 15.5 Å². The van der Waals surface area contributed by atoms with Crippen molar-refractivity contribution in [3.05, 3.63) is 18.3 Å². The molecule has 1 aromatic heterocycles. The Labute approximate surface area is 90.7 Å². The van der Waals surface area contributed by atoms with Gasteiger partial charge >= 0.3 is 0 Å². The molecule has 1 aliphatic heterocycles. The molecule has 1 atom stereocenters. The van der Waals surface area contributed by atoms with E-state index in [2.05, 4.69) is 27.3 Å². The van der Waals surface area contributed by atoms with Crippen LogP contribution in [0.1, 0.15) is 19.8 Å². The zero-order chi connectivity index (χ0) is 10.5. The first-order chi connectivity index (χ1) is 7.42. The molecule has 0 aromatic carbocycles. The fourth-order valence-electron chi connectivity index (χ4n) is 2.15. The molecule has 1 aromatic rings. The van der Waals surface area contributed by atoms with Crippen LogP contribution in [-0.2, 0) is 0 Å². The van der Waals surface area contributed by atoms with Crippen LogP contribution in [0.2, 0.25) is 0 Å².